The fourth-order valence-electron chi connectivity index (χ4n) is 3.91. The van der Waals surface area contributed by atoms with Gasteiger partial charge in [-0.2, -0.15) is 0 Å². The quantitative estimate of drug-likeness (QED) is 0.642. The van der Waals surface area contributed by atoms with E-state index in [4.69, 9.17) is 4.74 Å². The lowest BCUT2D eigenvalue weighted by atomic mass is 10.1. The molecule has 30 heavy (non-hydrogen) atoms. The molecule has 0 unspecified atom stereocenters. The predicted octanol–water partition coefficient (Wildman–Crippen LogP) is 3.37. The first-order chi connectivity index (χ1) is 14.4. The maximum absolute atomic E-state index is 13.4. The second-order valence-electron chi connectivity index (χ2n) is 7.56. The Kier molecular flexibility index (Phi) is 7.02. The molecular formula is C23H30N2O4S. The zero-order valence-electron chi connectivity index (χ0n) is 17.9. The van der Waals surface area contributed by atoms with Gasteiger partial charge >= 0.3 is 0 Å². The Morgan fingerprint density at radius 3 is 2.37 bits per heavy atom. The van der Waals surface area contributed by atoms with Crippen molar-refractivity contribution in [2.75, 3.05) is 36.6 Å². The van der Waals surface area contributed by atoms with Gasteiger partial charge in [-0.25, -0.2) is 8.42 Å². The molecule has 0 bridgehead atoms. The van der Waals surface area contributed by atoms with E-state index in [9.17, 15) is 13.2 Å². The number of amides is 1. The Bertz CT molecular complexity index is 969. The maximum atomic E-state index is 13.4. The minimum absolute atomic E-state index is 0.0141. The zero-order valence-corrected chi connectivity index (χ0v) is 18.7. The number of hydrogen-bond acceptors (Lipinski definition) is 5. The smallest absolute Gasteiger partial charge is 0.254 e. The number of rotatable bonds is 8. The average Bonchev–Trinajstić information content (AvgIpc) is 3.12. The lowest BCUT2D eigenvalue weighted by Crippen LogP contribution is -2.40. The van der Waals surface area contributed by atoms with Crippen LogP contribution < -0.4 is 9.64 Å². The maximum Gasteiger partial charge on any atom is 0.254 e. The molecule has 0 spiro atoms. The first-order valence-electron chi connectivity index (χ1n) is 10.4. The van der Waals surface area contributed by atoms with Gasteiger partial charge in [-0.05, 0) is 56.2 Å². The van der Waals surface area contributed by atoms with Crippen LogP contribution in [0.1, 0.15) is 36.2 Å². The van der Waals surface area contributed by atoms with E-state index in [2.05, 4.69) is 30.9 Å². The van der Waals surface area contributed by atoms with Crippen molar-refractivity contribution < 1.29 is 17.9 Å². The molecule has 1 atom stereocenters. The second-order valence-corrected chi connectivity index (χ2v) is 9.79. The summed E-state index contributed by atoms with van der Waals surface area (Å²) in [7, 11) is -1.55. The van der Waals surface area contributed by atoms with E-state index in [0.29, 0.717) is 24.3 Å². The zero-order chi connectivity index (χ0) is 21.7. The highest BCUT2D eigenvalue weighted by molar-refractivity contribution is 7.91. The van der Waals surface area contributed by atoms with Gasteiger partial charge in [0, 0.05) is 36.9 Å². The molecule has 1 amide bonds. The van der Waals surface area contributed by atoms with Crippen LogP contribution in [-0.4, -0.2) is 57.0 Å². The molecule has 1 fully saturated rings. The third kappa shape index (κ3) is 5.14. The van der Waals surface area contributed by atoms with Crippen molar-refractivity contribution in [3.8, 4) is 5.75 Å². The third-order valence-electron chi connectivity index (χ3n) is 5.64. The van der Waals surface area contributed by atoms with Crippen LogP contribution in [0.2, 0.25) is 0 Å². The number of ether oxygens (including phenoxy) is 1. The summed E-state index contributed by atoms with van der Waals surface area (Å²) in [6, 6.07) is 14.8. The van der Waals surface area contributed by atoms with Crippen LogP contribution in [0.4, 0.5) is 5.69 Å². The molecule has 0 saturated carbocycles. The molecule has 0 aromatic heterocycles. The summed E-state index contributed by atoms with van der Waals surface area (Å²) in [6.45, 7) is 6.46. The number of methoxy groups -OCH3 is 1. The second kappa shape index (κ2) is 9.51. The number of carbonyl (C=O) groups is 1. The molecule has 0 radical (unpaired) electrons. The highest BCUT2D eigenvalue weighted by Crippen LogP contribution is 2.24. The molecule has 2 aromatic rings. The van der Waals surface area contributed by atoms with E-state index < -0.39 is 9.84 Å². The van der Waals surface area contributed by atoms with Gasteiger partial charge in [-0.1, -0.05) is 18.2 Å². The first-order valence-corrected chi connectivity index (χ1v) is 12.2. The van der Waals surface area contributed by atoms with Crippen molar-refractivity contribution in [3.05, 3.63) is 59.7 Å². The van der Waals surface area contributed by atoms with Crippen molar-refractivity contribution in [2.24, 2.45) is 0 Å². The molecule has 1 heterocycles. The minimum atomic E-state index is -3.11. The van der Waals surface area contributed by atoms with Crippen LogP contribution in [0, 0.1) is 0 Å². The summed E-state index contributed by atoms with van der Waals surface area (Å²) in [6.07, 6.45) is 0.468. The molecule has 0 N–H and O–H groups in total. The Balaban J connectivity index is 1.87. The van der Waals surface area contributed by atoms with Gasteiger partial charge in [0.15, 0.2) is 9.84 Å². The van der Waals surface area contributed by atoms with E-state index in [-0.39, 0.29) is 23.5 Å². The number of hydrogen-bond donors (Lipinski definition) is 0. The van der Waals surface area contributed by atoms with Gasteiger partial charge in [-0.15, -0.1) is 0 Å². The molecule has 3 rings (SSSR count). The van der Waals surface area contributed by atoms with Crippen LogP contribution in [0.15, 0.2) is 48.5 Å². The van der Waals surface area contributed by atoms with E-state index in [1.54, 1.807) is 36.3 Å². The van der Waals surface area contributed by atoms with E-state index in [1.165, 1.54) is 0 Å². The largest absolute Gasteiger partial charge is 0.497 e. The molecule has 1 aliphatic rings. The van der Waals surface area contributed by atoms with Crippen molar-refractivity contribution in [2.45, 2.75) is 32.9 Å². The third-order valence-corrected chi connectivity index (χ3v) is 7.39. The molecule has 1 aliphatic heterocycles. The Hall–Kier alpha value is -2.54. The minimum Gasteiger partial charge on any atom is -0.497 e. The van der Waals surface area contributed by atoms with Crippen LogP contribution >= 0.6 is 0 Å². The summed E-state index contributed by atoms with van der Waals surface area (Å²) < 4.78 is 29.4. The number of anilines is 1. The lowest BCUT2D eigenvalue weighted by molar-refractivity contribution is 0.0680. The molecule has 1 saturated heterocycles. The molecule has 162 valence electrons. The van der Waals surface area contributed by atoms with Crippen molar-refractivity contribution in [3.63, 3.8) is 0 Å². The van der Waals surface area contributed by atoms with Gasteiger partial charge in [0.2, 0.25) is 0 Å². The average molecular weight is 431 g/mol. The molecule has 2 aromatic carbocycles. The highest BCUT2D eigenvalue weighted by atomic mass is 32.2. The van der Waals surface area contributed by atoms with Gasteiger partial charge in [0.25, 0.3) is 5.91 Å². The van der Waals surface area contributed by atoms with E-state index in [0.717, 1.165) is 24.3 Å². The summed E-state index contributed by atoms with van der Waals surface area (Å²) in [5.41, 5.74) is 2.61. The van der Waals surface area contributed by atoms with Crippen molar-refractivity contribution in [1.82, 2.24) is 4.90 Å². The Morgan fingerprint density at radius 1 is 1.10 bits per heavy atom. The fourth-order valence-corrected chi connectivity index (χ4v) is 5.64. The predicted molar refractivity (Wildman–Crippen MR) is 120 cm³/mol. The standard InChI is InChI=1S/C23H30N2O4S/c1-4-24(5-2)20-11-9-18(10-12-20)16-25(21-13-14-30(27,28)17-21)23(26)19-7-6-8-22(15-19)29-3/h6-12,15,21H,4-5,13-14,16-17H2,1-3H3/t21-/m1/s1. The van der Waals surface area contributed by atoms with Gasteiger partial charge < -0.3 is 14.5 Å². The van der Waals surface area contributed by atoms with E-state index >= 15 is 0 Å². The normalized spacial score (nSPS) is 17.5. The van der Waals surface area contributed by atoms with Crippen LogP contribution in [0.3, 0.4) is 0 Å². The van der Waals surface area contributed by atoms with Crippen LogP contribution in [-0.2, 0) is 16.4 Å². The van der Waals surface area contributed by atoms with Gasteiger partial charge in [-0.3, -0.25) is 4.79 Å². The first kappa shape index (κ1) is 22.2. The number of benzene rings is 2. The monoisotopic (exact) mass is 430 g/mol. The molecule has 0 aliphatic carbocycles. The summed E-state index contributed by atoms with van der Waals surface area (Å²) in [4.78, 5) is 17.3. The fraction of sp³-hybridized carbons (Fsp3) is 0.435. The van der Waals surface area contributed by atoms with Gasteiger partial charge in [0.1, 0.15) is 5.75 Å². The van der Waals surface area contributed by atoms with Crippen LogP contribution in [0.5, 0.6) is 5.75 Å². The van der Waals surface area contributed by atoms with Crippen molar-refractivity contribution in [1.29, 1.82) is 0 Å². The molecule has 7 heteroatoms. The lowest BCUT2D eigenvalue weighted by Gasteiger charge is -2.29. The molecule has 6 nitrogen and oxygen atoms in total. The summed E-state index contributed by atoms with van der Waals surface area (Å²) in [5, 5.41) is 0. The van der Waals surface area contributed by atoms with E-state index in [1.807, 2.05) is 12.1 Å². The Labute approximate surface area is 179 Å². The summed E-state index contributed by atoms with van der Waals surface area (Å²) in [5.74, 6) is 0.563. The number of sulfone groups is 1. The van der Waals surface area contributed by atoms with Crippen molar-refractivity contribution >= 4 is 21.4 Å². The molecular weight excluding hydrogens is 400 g/mol. The Morgan fingerprint density at radius 2 is 1.80 bits per heavy atom. The highest BCUT2D eigenvalue weighted by Gasteiger charge is 2.35. The number of nitrogens with zero attached hydrogens (tertiary/aromatic N) is 2. The van der Waals surface area contributed by atoms with Crippen LogP contribution in [0.25, 0.3) is 0 Å². The summed E-state index contributed by atoms with van der Waals surface area (Å²) >= 11 is 0. The SMILES string of the molecule is CCN(CC)c1ccc(CN(C(=O)c2cccc(OC)c2)[C@@H]2CCS(=O)(=O)C2)cc1. The van der Waals surface area contributed by atoms with Gasteiger partial charge in [0.05, 0.1) is 18.6 Å². The number of carbonyl (C=O) groups excluding carboxylic acids is 1. The topological polar surface area (TPSA) is 66.9 Å².